The van der Waals surface area contributed by atoms with Crippen molar-refractivity contribution < 1.29 is 28.7 Å². The Morgan fingerprint density at radius 1 is 0.917 bits per heavy atom. The number of anilines is 3. The molecule has 1 N–H and O–H groups in total. The average molecular weight is 483 g/mol. The van der Waals surface area contributed by atoms with E-state index in [0.717, 1.165) is 22.6 Å². The quantitative estimate of drug-likeness (QED) is 0.441. The minimum atomic E-state index is -0.767. The Morgan fingerprint density at radius 2 is 1.64 bits per heavy atom. The maximum Gasteiger partial charge on any atom is 0.338 e. The molecule has 9 heteroatoms. The van der Waals surface area contributed by atoms with E-state index in [1.807, 2.05) is 24.3 Å². The molecule has 0 saturated heterocycles. The van der Waals surface area contributed by atoms with Crippen LogP contribution in [0.1, 0.15) is 43.6 Å². The molecule has 4 amide bonds. The second-order valence-corrected chi connectivity index (χ2v) is 8.43. The molecule has 2 heterocycles. The number of amides is 4. The predicted octanol–water partition coefficient (Wildman–Crippen LogP) is 3.19. The molecule has 0 unspecified atom stereocenters. The normalized spacial score (nSPS) is 13.9. The number of carbonyl (C=O) groups excluding carboxylic acids is 5. The molecule has 0 spiro atoms. The Bertz CT molecular complexity index is 1430. The first kappa shape index (κ1) is 23.0. The fraction of sp³-hybridized carbons (Fsp3) is 0.148. The molecule has 0 aromatic heterocycles. The van der Waals surface area contributed by atoms with Crippen LogP contribution >= 0.6 is 0 Å². The van der Waals surface area contributed by atoms with Gasteiger partial charge in [0.1, 0.15) is 0 Å². The van der Waals surface area contributed by atoms with E-state index in [1.165, 1.54) is 25.1 Å². The lowest BCUT2D eigenvalue weighted by atomic mass is 10.1. The number of nitrogens with zero attached hydrogens (tertiary/aromatic N) is 2. The Kier molecular flexibility index (Phi) is 5.81. The van der Waals surface area contributed by atoms with E-state index in [1.54, 1.807) is 29.2 Å². The van der Waals surface area contributed by atoms with Crippen LogP contribution in [-0.4, -0.2) is 42.7 Å². The highest BCUT2D eigenvalue weighted by Gasteiger charge is 2.37. The van der Waals surface area contributed by atoms with Gasteiger partial charge >= 0.3 is 5.97 Å². The third-order valence-corrected chi connectivity index (χ3v) is 6.08. The molecule has 3 aromatic rings. The Hall–Kier alpha value is -4.79. The number of benzene rings is 3. The molecule has 2 aliphatic rings. The summed E-state index contributed by atoms with van der Waals surface area (Å²) in [4.78, 5) is 65.0. The number of ether oxygens (including phenoxy) is 1. The molecule has 0 aliphatic carbocycles. The fourth-order valence-corrected chi connectivity index (χ4v) is 4.39. The monoisotopic (exact) mass is 483 g/mol. The van der Waals surface area contributed by atoms with Crippen LogP contribution in [0, 0.1) is 0 Å². The third kappa shape index (κ3) is 4.11. The molecule has 180 valence electrons. The molecular formula is C27H21N3O6. The van der Waals surface area contributed by atoms with Crippen LogP contribution in [0.3, 0.4) is 0 Å². The number of esters is 1. The van der Waals surface area contributed by atoms with E-state index in [9.17, 15) is 24.0 Å². The second-order valence-electron chi connectivity index (χ2n) is 8.43. The Morgan fingerprint density at radius 3 is 2.39 bits per heavy atom. The minimum absolute atomic E-state index is 0.0624. The minimum Gasteiger partial charge on any atom is -0.452 e. The van der Waals surface area contributed by atoms with Gasteiger partial charge in [-0.3, -0.25) is 19.2 Å². The van der Waals surface area contributed by atoms with Crippen LogP contribution in [0.4, 0.5) is 17.1 Å². The summed E-state index contributed by atoms with van der Waals surface area (Å²) in [5.41, 5.74) is 3.02. The molecule has 3 aromatic carbocycles. The molecular weight excluding hydrogens is 462 g/mol. The molecule has 9 nitrogen and oxygen atoms in total. The summed E-state index contributed by atoms with van der Waals surface area (Å²) >= 11 is 0. The summed E-state index contributed by atoms with van der Waals surface area (Å²) in [6.07, 6.45) is 0.739. The predicted molar refractivity (Wildman–Crippen MR) is 131 cm³/mol. The van der Waals surface area contributed by atoms with Crippen LogP contribution in [0.5, 0.6) is 0 Å². The zero-order chi connectivity index (χ0) is 25.4. The highest BCUT2D eigenvalue weighted by atomic mass is 16.5. The summed E-state index contributed by atoms with van der Waals surface area (Å²) in [5, 5.41) is 2.62. The number of rotatable bonds is 5. The van der Waals surface area contributed by atoms with Gasteiger partial charge in [-0.05, 0) is 60.5 Å². The molecule has 0 fully saturated rings. The smallest absolute Gasteiger partial charge is 0.338 e. The van der Waals surface area contributed by atoms with Crippen LogP contribution in [-0.2, 0) is 20.7 Å². The van der Waals surface area contributed by atoms with Gasteiger partial charge in [0, 0.05) is 24.8 Å². The van der Waals surface area contributed by atoms with Crippen LogP contribution < -0.4 is 15.1 Å². The maximum atomic E-state index is 13.0. The first-order valence-electron chi connectivity index (χ1n) is 11.3. The number of nitrogens with one attached hydrogen (secondary N) is 1. The lowest BCUT2D eigenvalue weighted by molar-refractivity contribution is -0.121. The molecule has 0 saturated carbocycles. The van der Waals surface area contributed by atoms with Crippen molar-refractivity contribution in [1.29, 1.82) is 0 Å². The van der Waals surface area contributed by atoms with Crippen molar-refractivity contribution in [3.05, 3.63) is 89.0 Å². The van der Waals surface area contributed by atoms with E-state index in [2.05, 4.69) is 5.32 Å². The van der Waals surface area contributed by atoms with E-state index in [-0.39, 0.29) is 28.5 Å². The SMILES string of the molecule is CC(=O)Nc1ccc(N2C(=O)c3ccc(C(=O)OCC(=O)N4CCc5ccccc54)cc3C2=O)cc1. The highest BCUT2D eigenvalue weighted by Crippen LogP contribution is 2.30. The topological polar surface area (TPSA) is 113 Å². The summed E-state index contributed by atoms with van der Waals surface area (Å²) < 4.78 is 5.22. The van der Waals surface area contributed by atoms with Gasteiger partial charge < -0.3 is 15.0 Å². The molecule has 0 radical (unpaired) electrons. The number of hydrogen-bond acceptors (Lipinski definition) is 6. The first-order valence-corrected chi connectivity index (χ1v) is 11.3. The van der Waals surface area contributed by atoms with E-state index < -0.39 is 24.4 Å². The Balaban J connectivity index is 1.28. The zero-order valence-electron chi connectivity index (χ0n) is 19.3. The summed E-state index contributed by atoms with van der Waals surface area (Å²) in [6, 6.07) is 17.9. The van der Waals surface area contributed by atoms with Gasteiger partial charge in [-0.15, -0.1) is 0 Å². The van der Waals surface area contributed by atoms with Crippen molar-refractivity contribution in [3.8, 4) is 0 Å². The third-order valence-electron chi connectivity index (χ3n) is 6.08. The van der Waals surface area contributed by atoms with Crippen LogP contribution in [0.2, 0.25) is 0 Å². The van der Waals surface area contributed by atoms with Crippen LogP contribution in [0.25, 0.3) is 0 Å². The Labute approximate surface area is 206 Å². The zero-order valence-corrected chi connectivity index (χ0v) is 19.3. The van der Waals surface area contributed by atoms with Gasteiger partial charge in [0.25, 0.3) is 17.7 Å². The number of para-hydroxylation sites is 1. The van der Waals surface area contributed by atoms with Gasteiger partial charge in [-0.2, -0.15) is 0 Å². The molecule has 0 atom stereocenters. The number of hydrogen-bond donors (Lipinski definition) is 1. The lowest BCUT2D eigenvalue weighted by Crippen LogP contribution is -2.33. The van der Waals surface area contributed by atoms with Crippen LogP contribution in [0.15, 0.2) is 66.7 Å². The standard InChI is InChI=1S/C27H21N3O6/c1-16(31)28-19-7-9-20(10-8-19)30-25(33)21-11-6-18(14-22(21)26(30)34)27(35)36-15-24(32)29-13-12-17-4-2-3-5-23(17)29/h2-11,14H,12-13,15H2,1H3,(H,28,31). The van der Waals surface area contributed by atoms with Crippen molar-refractivity contribution in [2.75, 3.05) is 28.3 Å². The number of fused-ring (bicyclic) bond motifs is 2. The fourth-order valence-electron chi connectivity index (χ4n) is 4.39. The van der Waals surface area contributed by atoms with Crippen molar-refractivity contribution >= 4 is 46.7 Å². The molecule has 2 aliphatic heterocycles. The average Bonchev–Trinajstić information content (AvgIpc) is 3.41. The van der Waals surface area contributed by atoms with Gasteiger partial charge in [0.15, 0.2) is 6.61 Å². The largest absolute Gasteiger partial charge is 0.452 e. The van der Waals surface area contributed by atoms with Gasteiger partial charge in [-0.25, -0.2) is 9.69 Å². The molecule has 36 heavy (non-hydrogen) atoms. The molecule has 5 rings (SSSR count). The molecule has 0 bridgehead atoms. The van der Waals surface area contributed by atoms with Crippen molar-refractivity contribution in [2.24, 2.45) is 0 Å². The van der Waals surface area contributed by atoms with Crippen molar-refractivity contribution in [3.63, 3.8) is 0 Å². The number of imide groups is 1. The second kappa shape index (κ2) is 9.10. The maximum absolute atomic E-state index is 13.0. The van der Waals surface area contributed by atoms with Crippen molar-refractivity contribution in [1.82, 2.24) is 0 Å². The van der Waals surface area contributed by atoms with E-state index in [0.29, 0.717) is 17.9 Å². The van der Waals surface area contributed by atoms with E-state index in [4.69, 9.17) is 4.74 Å². The van der Waals surface area contributed by atoms with Gasteiger partial charge in [0.2, 0.25) is 5.91 Å². The van der Waals surface area contributed by atoms with Crippen molar-refractivity contribution in [2.45, 2.75) is 13.3 Å². The highest BCUT2D eigenvalue weighted by molar-refractivity contribution is 6.34. The lowest BCUT2D eigenvalue weighted by Gasteiger charge is -2.17. The first-order chi connectivity index (χ1) is 17.3. The summed E-state index contributed by atoms with van der Waals surface area (Å²) in [5.74, 6) is -2.45. The number of carbonyl (C=O) groups is 5. The summed E-state index contributed by atoms with van der Waals surface area (Å²) in [6.45, 7) is 1.46. The van der Waals surface area contributed by atoms with E-state index >= 15 is 0 Å². The summed E-state index contributed by atoms with van der Waals surface area (Å²) in [7, 11) is 0. The van der Waals surface area contributed by atoms with Gasteiger partial charge in [0.05, 0.1) is 22.4 Å². The van der Waals surface area contributed by atoms with Gasteiger partial charge in [-0.1, -0.05) is 18.2 Å².